The van der Waals surface area contributed by atoms with E-state index in [1.807, 2.05) is 0 Å². The molecule has 0 aliphatic rings. The van der Waals surface area contributed by atoms with Crippen LogP contribution in [0.3, 0.4) is 0 Å². The molecule has 3 nitrogen and oxygen atoms in total. The van der Waals surface area contributed by atoms with Gasteiger partial charge in [-0.15, -0.1) is 6.58 Å². The molecule has 2 aromatic carbocycles. The number of benzene rings is 2. The lowest BCUT2D eigenvalue weighted by Gasteiger charge is -2.24. The van der Waals surface area contributed by atoms with Gasteiger partial charge in [0.05, 0.1) is 27.7 Å². The highest BCUT2D eigenvalue weighted by Crippen LogP contribution is 2.37. The van der Waals surface area contributed by atoms with Crippen LogP contribution >= 0.6 is 11.6 Å². The summed E-state index contributed by atoms with van der Waals surface area (Å²) in [6, 6.07) is 6.72. The van der Waals surface area contributed by atoms with Gasteiger partial charge in [-0.05, 0) is 42.5 Å². The van der Waals surface area contributed by atoms with E-state index in [9.17, 15) is 26.0 Å². The molecule has 0 heterocycles. The van der Waals surface area contributed by atoms with Gasteiger partial charge in [0.15, 0.2) is 0 Å². The fraction of sp³-hybridized carbons (Fsp3) is 0.125. The zero-order valence-corrected chi connectivity index (χ0v) is 14.2. The van der Waals surface area contributed by atoms with Gasteiger partial charge in [0, 0.05) is 0 Å². The number of nitrogens with zero attached hydrogens (tertiary/aromatic N) is 1. The van der Waals surface area contributed by atoms with Crippen molar-refractivity contribution in [1.82, 2.24) is 0 Å². The first kappa shape index (κ1) is 19.3. The molecule has 0 radical (unpaired) electrons. The van der Waals surface area contributed by atoms with Gasteiger partial charge in [-0.3, -0.25) is 4.31 Å². The maximum Gasteiger partial charge on any atom is 0.417 e. The van der Waals surface area contributed by atoms with E-state index in [1.165, 1.54) is 6.08 Å². The van der Waals surface area contributed by atoms with Crippen molar-refractivity contribution in [1.29, 1.82) is 0 Å². The number of anilines is 1. The van der Waals surface area contributed by atoms with E-state index in [2.05, 4.69) is 6.58 Å². The quantitative estimate of drug-likeness (QED) is 0.536. The van der Waals surface area contributed by atoms with Gasteiger partial charge in [-0.1, -0.05) is 17.7 Å². The lowest BCUT2D eigenvalue weighted by Crippen LogP contribution is -2.31. The molecule has 0 amide bonds. The Bertz CT molecular complexity index is 880. The van der Waals surface area contributed by atoms with Gasteiger partial charge in [-0.25, -0.2) is 12.8 Å². The first-order valence-electron chi connectivity index (χ1n) is 6.83. The third-order valence-electron chi connectivity index (χ3n) is 3.24. The lowest BCUT2D eigenvalue weighted by atomic mass is 10.2. The van der Waals surface area contributed by atoms with E-state index in [-0.39, 0.29) is 17.1 Å². The molecule has 134 valence electrons. The summed E-state index contributed by atoms with van der Waals surface area (Å²) in [5.41, 5.74) is -1.39. The van der Waals surface area contributed by atoms with Gasteiger partial charge in [0.2, 0.25) is 0 Å². The van der Waals surface area contributed by atoms with Crippen LogP contribution in [0, 0.1) is 5.82 Å². The van der Waals surface area contributed by atoms with E-state index < -0.39 is 32.6 Å². The summed E-state index contributed by atoms with van der Waals surface area (Å²) in [5, 5.41) is -0.547. The van der Waals surface area contributed by atoms with Crippen LogP contribution in [-0.2, 0) is 16.2 Å². The molecular weight excluding hydrogens is 382 g/mol. The molecule has 9 heteroatoms. The Morgan fingerprint density at radius 1 is 1.12 bits per heavy atom. The van der Waals surface area contributed by atoms with Gasteiger partial charge < -0.3 is 0 Å². The van der Waals surface area contributed by atoms with Crippen molar-refractivity contribution in [3.05, 3.63) is 71.5 Å². The molecule has 0 aromatic heterocycles. The van der Waals surface area contributed by atoms with Crippen LogP contribution in [0.15, 0.2) is 60.0 Å². The molecule has 0 saturated carbocycles. The molecule has 0 spiro atoms. The highest BCUT2D eigenvalue weighted by molar-refractivity contribution is 7.92. The van der Waals surface area contributed by atoms with Crippen molar-refractivity contribution in [3.8, 4) is 0 Å². The van der Waals surface area contributed by atoms with Crippen LogP contribution in [0.1, 0.15) is 5.56 Å². The van der Waals surface area contributed by atoms with Gasteiger partial charge >= 0.3 is 6.18 Å². The Morgan fingerprint density at radius 3 is 2.24 bits per heavy atom. The van der Waals surface area contributed by atoms with E-state index in [4.69, 9.17) is 11.6 Å². The first-order chi connectivity index (χ1) is 11.6. The standard InChI is InChI=1S/C16H12ClF4NO2S/c1-2-9-22(25(23,24)13-6-3-11(18)4-7-13)12-5-8-15(17)14(10-12)16(19,20)21/h2-8,10H,1,9H2. The smallest absolute Gasteiger partial charge is 0.263 e. The Labute approximate surface area is 147 Å². The van der Waals surface area contributed by atoms with Gasteiger partial charge in [-0.2, -0.15) is 13.2 Å². The summed E-state index contributed by atoms with van der Waals surface area (Å²) >= 11 is 5.56. The average molecular weight is 394 g/mol. The SMILES string of the molecule is C=CCN(c1ccc(Cl)c(C(F)(F)F)c1)S(=O)(=O)c1ccc(F)cc1. The first-order valence-corrected chi connectivity index (χ1v) is 8.65. The van der Waals surface area contributed by atoms with Crippen molar-refractivity contribution in [2.45, 2.75) is 11.1 Å². The van der Waals surface area contributed by atoms with Gasteiger partial charge in [0.25, 0.3) is 10.0 Å². The minimum Gasteiger partial charge on any atom is -0.263 e. The minimum absolute atomic E-state index is 0.235. The molecule has 0 N–H and O–H groups in total. The third-order valence-corrected chi connectivity index (χ3v) is 5.38. The van der Waals surface area contributed by atoms with Crippen molar-refractivity contribution in [3.63, 3.8) is 0 Å². The lowest BCUT2D eigenvalue weighted by molar-refractivity contribution is -0.137. The minimum atomic E-state index is -4.74. The molecule has 0 unspecified atom stereocenters. The van der Waals surface area contributed by atoms with E-state index in [0.717, 1.165) is 40.7 Å². The predicted molar refractivity (Wildman–Crippen MR) is 87.6 cm³/mol. The molecule has 2 aromatic rings. The number of alkyl halides is 3. The highest BCUT2D eigenvalue weighted by Gasteiger charge is 2.35. The topological polar surface area (TPSA) is 37.4 Å². The summed E-state index contributed by atoms with van der Waals surface area (Å²) in [6.07, 6.45) is -3.52. The molecule has 0 bridgehead atoms. The number of sulfonamides is 1. The van der Waals surface area contributed by atoms with Crippen LogP contribution in [0.25, 0.3) is 0 Å². The molecule has 0 saturated heterocycles. The molecule has 0 atom stereocenters. The monoisotopic (exact) mass is 393 g/mol. The van der Waals surface area contributed by atoms with Crippen molar-refractivity contribution in [2.24, 2.45) is 0 Å². The number of halogens is 5. The highest BCUT2D eigenvalue weighted by atomic mass is 35.5. The third kappa shape index (κ3) is 4.13. The Kier molecular flexibility index (Phi) is 5.43. The number of hydrogen-bond donors (Lipinski definition) is 0. The second-order valence-electron chi connectivity index (χ2n) is 4.94. The van der Waals surface area contributed by atoms with Crippen molar-refractivity contribution < 1.29 is 26.0 Å². The Balaban J connectivity index is 2.58. The van der Waals surface area contributed by atoms with Crippen LogP contribution < -0.4 is 4.31 Å². The molecule has 0 fully saturated rings. The van der Waals surface area contributed by atoms with Crippen LogP contribution in [-0.4, -0.2) is 15.0 Å². The fourth-order valence-corrected chi connectivity index (χ4v) is 3.73. The van der Waals surface area contributed by atoms with E-state index >= 15 is 0 Å². The summed E-state index contributed by atoms with van der Waals surface area (Å²) in [6.45, 7) is 3.14. The van der Waals surface area contributed by atoms with E-state index in [1.54, 1.807) is 0 Å². The maximum absolute atomic E-state index is 13.0. The largest absolute Gasteiger partial charge is 0.417 e. The second kappa shape index (κ2) is 7.05. The van der Waals surface area contributed by atoms with Gasteiger partial charge in [0.1, 0.15) is 5.82 Å². The zero-order chi connectivity index (χ0) is 18.8. The van der Waals surface area contributed by atoms with E-state index in [0.29, 0.717) is 6.07 Å². The summed E-state index contributed by atoms with van der Waals surface area (Å²) in [7, 11) is -4.22. The second-order valence-corrected chi connectivity index (χ2v) is 7.21. The Hall–Kier alpha value is -2.06. The predicted octanol–water partition coefficient (Wildman–Crippen LogP) is 4.88. The molecular formula is C16H12ClF4NO2S. The molecule has 25 heavy (non-hydrogen) atoms. The number of rotatable bonds is 5. The molecule has 2 rings (SSSR count). The fourth-order valence-electron chi connectivity index (χ4n) is 2.08. The van der Waals surface area contributed by atoms with Crippen LogP contribution in [0.5, 0.6) is 0 Å². The maximum atomic E-state index is 13.0. The van der Waals surface area contributed by atoms with Crippen LogP contribution in [0.4, 0.5) is 23.2 Å². The van der Waals surface area contributed by atoms with Crippen molar-refractivity contribution in [2.75, 3.05) is 10.8 Å². The zero-order valence-electron chi connectivity index (χ0n) is 12.6. The average Bonchev–Trinajstić information content (AvgIpc) is 2.52. The van der Waals surface area contributed by atoms with Crippen LogP contribution in [0.2, 0.25) is 5.02 Å². The van der Waals surface area contributed by atoms with Crippen molar-refractivity contribution >= 4 is 27.3 Å². The molecule has 0 aliphatic carbocycles. The summed E-state index contributed by atoms with van der Waals surface area (Å²) < 4.78 is 78.3. The Morgan fingerprint density at radius 2 is 1.72 bits per heavy atom. The molecule has 0 aliphatic heterocycles. The normalized spacial score (nSPS) is 12.0. The number of hydrogen-bond acceptors (Lipinski definition) is 2. The summed E-state index contributed by atoms with van der Waals surface area (Å²) in [4.78, 5) is -0.265. The summed E-state index contributed by atoms with van der Waals surface area (Å²) in [5.74, 6) is -0.639.